The summed E-state index contributed by atoms with van der Waals surface area (Å²) in [6, 6.07) is 9.19. The number of rotatable bonds is 4. The summed E-state index contributed by atoms with van der Waals surface area (Å²) < 4.78 is 10.4. The van der Waals surface area contributed by atoms with Crippen LogP contribution >= 0.6 is 0 Å². The van der Waals surface area contributed by atoms with Gasteiger partial charge in [-0.2, -0.15) is 0 Å². The molecule has 6 heteroatoms. The lowest BCUT2D eigenvalue weighted by Gasteiger charge is -2.38. The van der Waals surface area contributed by atoms with Crippen LogP contribution in [-0.4, -0.2) is 29.0 Å². The van der Waals surface area contributed by atoms with E-state index in [1.54, 1.807) is 20.8 Å². The van der Waals surface area contributed by atoms with E-state index in [9.17, 15) is 14.4 Å². The third-order valence-corrected chi connectivity index (χ3v) is 3.34. The summed E-state index contributed by atoms with van der Waals surface area (Å²) in [5.41, 5.74) is -1.17. The summed E-state index contributed by atoms with van der Waals surface area (Å²) in [4.78, 5) is 35.6. The Kier molecular flexibility index (Phi) is 4.73. The zero-order valence-corrected chi connectivity index (χ0v) is 13.5. The number of hydrogen-bond donors (Lipinski definition) is 1. The van der Waals surface area contributed by atoms with E-state index in [4.69, 9.17) is 9.47 Å². The van der Waals surface area contributed by atoms with Gasteiger partial charge >= 0.3 is 12.1 Å². The molecular weight excluding hydrogens is 298 g/mol. The second-order valence-corrected chi connectivity index (χ2v) is 6.66. The lowest BCUT2D eigenvalue weighted by atomic mass is 9.75. The fourth-order valence-corrected chi connectivity index (χ4v) is 2.27. The van der Waals surface area contributed by atoms with Gasteiger partial charge in [0.15, 0.2) is 5.54 Å². The molecule has 0 heterocycles. The minimum absolute atomic E-state index is 0.0696. The van der Waals surface area contributed by atoms with Crippen LogP contribution in [0.2, 0.25) is 0 Å². The highest BCUT2D eigenvalue weighted by Gasteiger charge is 2.53. The van der Waals surface area contributed by atoms with Crippen LogP contribution < -0.4 is 5.32 Å². The quantitative estimate of drug-likeness (QED) is 0.862. The van der Waals surface area contributed by atoms with Crippen molar-refractivity contribution in [2.75, 3.05) is 0 Å². The SMILES string of the molecule is CC(C)(C)OC(=O)NC1(C(=O)OCc2ccccc2)CC(=O)C1. The third kappa shape index (κ3) is 4.55. The maximum Gasteiger partial charge on any atom is 0.408 e. The molecule has 1 aliphatic rings. The van der Waals surface area contributed by atoms with Crippen LogP contribution in [0.25, 0.3) is 0 Å². The Labute approximate surface area is 135 Å². The molecule has 1 fully saturated rings. The molecule has 1 saturated carbocycles. The number of carbonyl (C=O) groups excluding carboxylic acids is 3. The van der Waals surface area contributed by atoms with Crippen molar-refractivity contribution < 1.29 is 23.9 Å². The van der Waals surface area contributed by atoms with Crippen molar-refractivity contribution in [2.45, 2.75) is 51.4 Å². The van der Waals surface area contributed by atoms with Crippen LogP contribution in [0, 0.1) is 0 Å². The number of alkyl carbamates (subject to hydrolysis) is 1. The van der Waals surface area contributed by atoms with Gasteiger partial charge in [0.1, 0.15) is 18.0 Å². The fraction of sp³-hybridized carbons (Fsp3) is 0.471. The van der Waals surface area contributed by atoms with E-state index in [0.29, 0.717) is 0 Å². The molecule has 124 valence electrons. The Morgan fingerprint density at radius 2 is 1.78 bits per heavy atom. The third-order valence-electron chi connectivity index (χ3n) is 3.34. The van der Waals surface area contributed by atoms with Gasteiger partial charge < -0.3 is 14.8 Å². The van der Waals surface area contributed by atoms with Crippen LogP contribution in [0.3, 0.4) is 0 Å². The molecule has 0 aliphatic heterocycles. The van der Waals surface area contributed by atoms with Crippen molar-refractivity contribution in [1.82, 2.24) is 5.32 Å². The van der Waals surface area contributed by atoms with E-state index in [1.165, 1.54) is 0 Å². The lowest BCUT2D eigenvalue weighted by Crippen LogP contribution is -2.63. The zero-order chi connectivity index (χ0) is 17.1. The molecule has 1 amide bonds. The highest BCUT2D eigenvalue weighted by atomic mass is 16.6. The zero-order valence-electron chi connectivity index (χ0n) is 13.5. The van der Waals surface area contributed by atoms with Crippen molar-refractivity contribution in [2.24, 2.45) is 0 Å². The smallest absolute Gasteiger partial charge is 0.408 e. The lowest BCUT2D eigenvalue weighted by molar-refractivity contribution is -0.161. The van der Waals surface area contributed by atoms with Gasteiger partial charge in [0.25, 0.3) is 0 Å². The molecule has 0 aromatic heterocycles. The molecule has 0 bridgehead atoms. The summed E-state index contributed by atoms with van der Waals surface area (Å²) >= 11 is 0. The highest BCUT2D eigenvalue weighted by molar-refractivity contribution is 6.02. The summed E-state index contributed by atoms with van der Waals surface area (Å²) in [5, 5.41) is 2.50. The van der Waals surface area contributed by atoms with Crippen LogP contribution in [0.15, 0.2) is 30.3 Å². The van der Waals surface area contributed by atoms with Crippen molar-refractivity contribution in [3.05, 3.63) is 35.9 Å². The van der Waals surface area contributed by atoms with Crippen LogP contribution in [-0.2, 0) is 25.7 Å². The number of esters is 1. The van der Waals surface area contributed by atoms with Crippen LogP contribution in [0.5, 0.6) is 0 Å². The number of hydrogen-bond acceptors (Lipinski definition) is 5. The molecule has 1 aromatic rings. The largest absolute Gasteiger partial charge is 0.459 e. The van der Waals surface area contributed by atoms with Crippen LogP contribution in [0.4, 0.5) is 4.79 Å². The summed E-state index contributed by atoms with van der Waals surface area (Å²) in [6.45, 7) is 5.25. The number of ether oxygens (including phenoxy) is 2. The topological polar surface area (TPSA) is 81.7 Å². The van der Waals surface area contributed by atoms with Crippen LogP contribution in [0.1, 0.15) is 39.2 Å². The molecule has 1 N–H and O–H groups in total. The number of Topliss-reactive ketones (excluding diaryl/α,β-unsaturated/α-hetero) is 1. The van der Waals surface area contributed by atoms with Crippen molar-refractivity contribution >= 4 is 17.8 Å². The first-order chi connectivity index (χ1) is 10.7. The molecule has 1 aromatic carbocycles. The number of carbonyl (C=O) groups is 3. The van der Waals surface area contributed by atoms with Gasteiger partial charge in [-0.3, -0.25) is 4.79 Å². The highest BCUT2D eigenvalue weighted by Crippen LogP contribution is 2.31. The van der Waals surface area contributed by atoms with E-state index >= 15 is 0 Å². The normalized spacial score (nSPS) is 16.2. The minimum Gasteiger partial charge on any atom is -0.459 e. The first-order valence-corrected chi connectivity index (χ1v) is 7.44. The average molecular weight is 319 g/mol. The molecule has 6 nitrogen and oxygen atoms in total. The molecule has 2 rings (SSSR count). The second kappa shape index (κ2) is 6.40. The van der Waals surface area contributed by atoms with Crippen molar-refractivity contribution in [1.29, 1.82) is 0 Å². The summed E-state index contributed by atoms with van der Waals surface area (Å²) in [7, 11) is 0. The second-order valence-electron chi connectivity index (χ2n) is 6.66. The fourth-order valence-electron chi connectivity index (χ4n) is 2.27. The molecule has 0 spiro atoms. The Morgan fingerprint density at radius 1 is 1.17 bits per heavy atom. The molecular formula is C17H21NO5. The Hall–Kier alpha value is -2.37. The molecule has 0 unspecified atom stereocenters. The first kappa shape index (κ1) is 17.0. The Balaban J connectivity index is 1.98. The number of ketones is 1. The van der Waals surface area contributed by atoms with Gasteiger partial charge in [-0.15, -0.1) is 0 Å². The maximum absolute atomic E-state index is 12.3. The number of benzene rings is 1. The van der Waals surface area contributed by atoms with E-state index in [0.717, 1.165) is 5.56 Å². The number of amides is 1. The summed E-state index contributed by atoms with van der Waals surface area (Å²) in [5.74, 6) is -0.718. The predicted octanol–water partition coefficient (Wildman–Crippen LogP) is 2.36. The number of nitrogens with one attached hydrogen (secondary N) is 1. The van der Waals surface area contributed by atoms with E-state index < -0.39 is 23.2 Å². The van der Waals surface area contributed by atoms with E-state index in [2.05, 4.69) is 5.32 Å². The van der Waals surface area contributed by atoms with Gasteiger partial charge in [-0.05, 0) is 26.3 Å². The van der Waals surface area contributed by atoms with Crippen molar-refractivity contribution in [3.63, 3.8) is 0 Å². The Morgan fingerprint density at radius 3 is 2.30 bits per heavy atom. The van der Waals surface area contributed by atoms with E-state index in [1.807, 2.05) is 30.3 Å². The average Bonchev–Trinajstić information content (AvgIpc) is 2.41. The molecule has 0 radical (unpaired) electrons. The summed E-state index contributed by atoms with van der Waals surface area (Å²) in [6.07, 6.45) is -0.874. The van der Waals surface area contributed by atoms with E-state index in [-0.39, 0.29) is 25.2 Å². The predicted molar refractivity (Wildman–Crippen MR) is 82.6 cm³/mol. The van der Waals surface area contributed by atoms with Crippen molar-refractivity contribution in [3.8, 4) is 0 Å². The molecule has 0 atom stereocenters. The maximum atomic E-state index is 12.3. The van der Waals surface area contributed by atoms with Gasteiger partial charge in [0, 0.05) is 12.8 Å². The monoisotopic (exact) mass is 319 g/mol. The standard InChI is InChI=1S/C17H21NO5/c1-16(2,3)23-15(21)18-17(9-13(19)10-17)14(20)22-11-12-7-5-4-6-8-12/h4-8H,9-11H2,1-3H3,(H,18,21). The minimum atomic E-state index is -1.31. The first-order valence-electron chi connectivity index (χ1n) is 7.44. The van der Waals surface area contributed by atoms with Gasteiger partial charge in [-0.25, -0.2) is 9.59 Å². The molecule has 23 heavy (non-hydrogen) atoms. The Bertz CT molecular complexity index is 595. The molecule has 0 saturated heterocycles. The van der Waals surface area contributed by atoms with Gasteiger partial charge in [0.2, 0.25) is 0 Å². The van der Waals surface area contributed by atoms with Gasteiger partial charge in [0.05, 0.1) is 0 Å². The van der Waals surface area contributed by atoms with Gasteiger partial charge in [-0.1, -0.05) is 30.3 Å². The molecule has 1 aliphatic carbocycles.